The minimum Gasteiger partial charge on any atom is -0.372 e. The Morgan fingerprint density at radius 1 is 0.600 bits per heavy atom. The van der Waals surface area contributed by atoms with Crippen LogP contribution in [0.1, 0.15) is 96.5 Å². The van der Waals surface area contributed by atoms with Crippen LogP contribution in [0.15, 0.2) is 24.3 Å². The summed E-state index contributed by atoms with van der Waals surface area (Å²) in [5.41, 5.74) is 2.78. The first kappa shape index (κ1) is 24.3. The predicted octanol–water partition coefficient (Wildman–Crippen LogP) is 7.94. The summed E-state index contributed by atoms with van der Waals surface area (Å²) >= 11 is 0. The zero-order chi connectivity index (χ0) is 17.5. The quantitative estimate of drug-likeness (QED) is 0.284. The first-order valence-corrected chi connectivity index (χ1v) is 10.6. The zero-order valence-corrected chi connectivity index (χ0v) is 17.9. The number of rotatable bonds is 15. The Morgan fingerprint density at radius 2 is 1.00 bits per heavy atom. The molecule has 0 aliphatic rings. The molecule has 0 aromatic heterocycles. The molecule has 2 heteroatoms. The summed E-state index contributed by atoms with van der Waals surface area (Å²) in [6.45, 7) is 9.21. The molecular formula is C23H42ClN. The van der Waals surface area contributed by atoms with Crippen LogP contribution in [-0.2, 0) is 0 Å². The number of benzene rings is 1. The molecule has 1 aromatic rings. The fraction of sp³-hybridized carbons (Fsp3) is 0.739. The van der Waals surface area contributed by atoms with E-state index in [0.29, 0.717) is 0 Å². The van der Waals surface area contributed by atoms with Gasteiger partial charge in [-0.15, -0.1) is 12.4 Å². The van der Waals surface area contributed by atoms with Gasteiger partial charge < -0.3 is 4.90 Å². The molecule has 0 spiro atoms. The molecule has 0 radical (unpaired) electrons. The third kappa shape index (κ3) is 12.3. The zero-order valence-electron chi connectivity index (χ0n) is 17.1. The van der Waals surface area contributed by atoms with Crippen molar-refractivity contribution in [2.75, 3.05) is 18.0 Å². The molecule has 1 rings (SSSR count). The van der Waals surface area contributed by atoms with Crippen LogP contribution < -0.4 is 4.90 Å². The van der Waals surface area contributed by atoms with Gasteiger partial charge in [-0.1, -0.05) is 95.8 Å². The minimum atomic E-state index is 0. The van der Waals surface area contributed by atoms with Crippen molar-refractivity contribution in [3.8, 4) is 0 Å². The molecule has 0 bridgehead atoms. The lowest BCUT2D eigenvalue weighted by Crippen LogP contribution is -2.25. The number of anilines is 1. The summed E-state index contributed by atoms with van der Waals surface area (Å²) in [5.74, 6) is 0. The normalized spacial score (nSPS) is 10.5. The molecule has 25 heavy (non-hydrogen) atoms. The van der Waals surface area contributed by atoms with Crippen LogP contribution in [0.5, 0.6) is 0 Å². The van der Waals surface area contributed by atoms with Crippen molar-refractivity contribution in [1.29, 1.82) is 0 Å². The van der Waals surface area contributed by atoms with E-state index in [0.717, 1.165) is 0 Å². The van der Waals surface area contributed by atoms with Crippen LogP contribution in [0.3, 0.4) is 0 Å². The van der Waals surface area contributed by atoms with Crippen LogP contribution >= 0.6 is 12.4 Å². The lowest BCUT2D eigenvalue weighted by molar-refractivity contribution is 0.575. The van der Waals surface area contributed by atoms with Crippen molar-refractivity contribution >= 4 is 18.1 Å². The second-order valence-electron chi connectivity index (χ2n) is 7.36. The number of halogens is 1. The fourth-order valence-corrected chi connectivity index (χ4v) is 3.29. The Bertz CT molecular complexity index is 372. The SMILES string of the molecule is CCCCCCCCN(CCCCCCCC)c1ccc(C)cc1.Cl. The largest absolute Gasteiger partial charge is 0.372 e. The van der Waals surface area contributed by atoms with Gasteiger partial charge in [0.1, 0.15) is 0 Å². The van der Waals surface area contributed by atoms with Gasteiger partial charge in [0.25, 0.3) is 0 Å². The van der Waals surface area contributed by atoms with Crippen LogP contribution in [0.4, 0.5) is 5.69 Å². The van der Waals surface area contributed by atoms with Gasteiger partial charge in [0.15, 0.2) is 0 Å². The highest BCUT2D eigenvalue weighted by molar-refractivity contribution is 5.85. The van der Waals surface area contributed by atoms with E-state index in [4.69, 9.17) is 0 Å². The average Bonchev–Trinajstić information content (AvgIpc) is 2.60. The molecule has 0 fully saturated rings. The van der Waals surface area contributed by atoms with Crippen molar-refractivity contribution in [3.05, 3.63) is 29.8 Å². The van der Waals surface area contributed by atoms with Gasteiger partial charge in [0, 0.05) is 18.8 Å². The maximum absolute atomic E-state index is 2.62. The summed E-state index contributed by atoms with van der Waals surface area (Å²) in [7, 11) is 0. The summed E-state index contributed by atoms with van der Waals surface area (Å²) in [5, 5.41) is 0. The number of unbranched alkanes of at least 4 members (excludes halogenated alkanes) is 10. The van der Waals surface area contributed by atoms with Crippen LogP contribution in [0.25, 0.3) is 0 Å². The molecule has 0 amide bonds. The second-order valence-corrected chi connectivity index (χ2v) is 7.36. The average molecular weight is 368 g/mol. The lowest BCUT2D eigenvalue weighted by atomic mass is 10.1. The molecule has 0 aliphatic carbocycles. The fourth-order valence-electron chi connectivity index (χ4n) is 3.29. The van der Waals surface area contributed by atoms with Crippen LogP contribution in [0, 0.1) is 6.92 Å². The molecule has 1 aromatic carbocycles. The molecule has 1 nitrogen and oxygen atoms in total. The molecule has 0 unspecified atom stereocenters. The Labute approximate surface area is 164 Å². The van der Waals surface area contributed by atoms with Crippen molar-refractivity contribution in [2.45, 2.75) is 97.8 Å². The Morgan fingerprint density at radius 3 is 1.44 bits per heavy atom. The summed E-state index contributed by atoms with van der Waals surface area (Å²) < 4.78 is 0. The Kier molecular flexibility index (Phi) is 16.3. The standard InChI is InChI=1S/C23H41N.ClH/c1-4-6-8-10-12-14-20-24(21-15-13-11-9-7-5-2)23-18-16-22(3)17-19-23;/h16-19H,4-15,20-21H2,1-3H3;1H. The number of nitrogens with zero attached hydrogens (tertiary/aromatic N) is 1. The highest BCUT2D eigenvalue weighted by atomic mass is 35.5. The summed E-state index contributed by atoms with van der Waals surface area (Å²) in [6, 6.07) is 9.13. The predicted molar refractivity (Wildman–Crippen MR) is 117 cm³/mol. The molecule has 146 valence electrons. The van der Waals surface area contributed by atoms with Gasteiger partial charge in [-0.25, -0.2) is 0 Å². The number of aryl methyl sites for hydroxylation is 1. The highest BCUT2D eigenvalue weighted by Gasteiger charge is 2.06. The van der Waals surface area contributed by atoms with E-state index in [2.05, 4.69) is 49.9 Å². The monoisotopic (exact) mass is 367 g/mol. The molecule has 0 saturated carbocycles. The second kappa shape index (κ2) is 16.8. The Hall–Kier alpha value is -0.690. The number of hydrogen-bond acceptors (Lipinski definition) is 1. The first-order chi connectivity index (χ1) is 11.8. The maximum atomic E-state index is 2.62. The van der Waals surface area contributed by atoms with Gasteiger partial charge in [-0.2, -0.15) is 0 Å². The molecule has 0 aliphatic heterocycles. The topological polar surface area (TPSA) is 3.24 Å². The molecule has 0 heterocycles. The van der Waals surface area contributed by atoms with Crippen molar-refractivity contribution in [3.63, 3.8) is 0 Å². The smallest absolute Gasteiger partial charge is 0.0366 e. The van der Waals surface area contributed by atoms with Gasteiger partial charge in [0.05, 0.1) is 0 Å². The van der Waals surface area contributed by atoms with E-state index < -0.39 is 0 Å². The first-order valence-electron chi connectivity index (χ1n) is 10.6. The highest BCUT2D eigenvalue weighted by Crippen LogP contribution is 2.18. The van der Waals surface area contributed by atoms with E-state index in [-0.39, 0.29) is 12.4 Å². The van der Waals surface area contributed by atoms with Crippen molar-refractivity contribution in [1.82, 2.24) is 0 Å². The van der Waals surface area contributed by atoms with Crippen LogP contribution in [0.2, 0.25) is 0 Å². The summed E-state index contributed by atoms with van der Waals surface area (Å²) in [6.07, 6.45) is 16.6. The van der Waals surface area contributed by atoms with Gasteiger partial charge in [0.2, 0.25) is 0 Å². The third-order valence-corrected chi connectivity index (χ3v) is 4.96. The van der Waals surface area contributed by atoms with Gasteiger partial charge in [-0.05, 0) is 31.9 Å². The lowest BCUT2D eigenvalue weighted by Gasteiger charge is -2.25. The maximum Gasteiger partial charge on any atom is 0.0366 e. The van der Waals surface area contributed by atoms with Crippen LogP contribution in [-0.4, -0.2) is 13.1 Å². The van der Waals surface area contributed by atoms with E-state index in [1.807, 2.05) is 0 Å². The van der Waals surface area contributed by atoms with Gasteiger partial charge in [-0.3, -0.25) is 0 Å². The van der Waals surface area contributed by atoms with Crippen molar-refractivity contribution < 1.29 is 0 Å². The van der Waals surface area contributed by atoms with E-state index in [1.165, 1.54) is 101 Å². The molecule has 0 atom stereocenters. The minimum absolute atomic E-state index is 0. The number of hydrogen-bond donors (Lipinski definition) is 0. The summed E-state index contributed by atoms with van der Waals surface area (Å²) in [4.78, 5) is 2.62. The van der Waals surface area contributed by atoms with Gasteiger partial charge >= 0.3 is 0 Å². The Balaban J connectivity index is 0.00000576. The van der Waals surface area contributed by atoms with E-state index in [9.17, 15) is 0 Å². The molecule has 0 N–H and O–H groups in total. The molecule has 0 saturated heterocycles. The van der Waals surface area contributed by atoms with E-state index in [1.54, 1.807) is 0 Å². The van der Waals surface area contributed by atoms with Crippen molar-refractivity contribution in [2.24, 2.45) is 0 Å². The molecular weight excluding hydrogens is 326 g/mol. The third-order valence-electron chi connectivity index (χ3n) is 4.96. The van der Waals surface area contributed by atoms with E-state index >= 15 is 0 Å².